The number of aliphatic imine (C=N–C) groups is 1. The van der Waals surface area contributed by atoms with Gasteiger partial charge in [-0.05, 0) is 44.4 Å². The molecule has 0 bridgehead atoms. The predicted molar refractivity (Wildman–Crippen MR) is 99.4 cm³/mol. The summed E-state index contributed by atoms with van der Waals surface area (Å²) in [4.78, 5) is 16.5. The van der Waals surface area contributed by atoms with E-state index in [0.29, 0.717) is 11.7 Å². The molecule has 25 heavy (non-hydrogen) atoms. The Hall–Kier alpha value is -2.04. The highest BCUT2D eigenvalue weighted by Gasteiger charge is 2.20. The first-order valence-electron chi connectivity index (χ1n) is 8.47. The second-order valence-electron chi connectivity index (χ2n) is 6.23. The van der Waals surface area contributed by atoms with Gasteiger partial charge in [-0.2, -0.15) is 5.26 Å². The zero-order valence-corrected chi connectivity index (χ0v) is 15.4. The highest BCUT2D eigenvalue weighted by Crippen LogP contribution is 2.22. The first-order valence-corrected chi connectivity index (χ1v) is 9.45. The molecule has 1 fully saturated rings. The van der Waals surface area contributed by atoms with Crippen LogP contribution < -0.4 is 5.32 Å². The van der Waals surface area contributed by atoms with Crippen molar-refractivity contribution in [2.75, 3.05) is 18.9 Å². The van der Waals surface area contributed by atoms with Gasteiger partial charge in [-0.15, -0.1) is 0 Å². The van der Waals surface area contributed by atoms with E-state index < -0.39 is 5.91 Å². The van der Waals surface area contributed by atoms with Crippen LogP contribution in [-0.4, -0.2) is 40.7 Å². The van der Waals surface area contributed by atoms with Crippen LogP contribution in [0.3, 0.4) is 0 Å². The van der Waals surface area contributed by atoms with Gasteiger partial charge in [0, 0.05) is 30.3 Å². The van der Waals surface area contributed by atoms with Crippen molar-refractivity contribution in [1.82, 2.24) is 9.88 Å². The maximum absolute atomic E-state index is 12.3. The van der Waals surface area contributed by atoms with Crippen LogP contribution in [0.5, 0.6) is 0 Å². The highest BCUT2D eigenvalue weighted by molar-refractivity contribution is 8.14. The van der Waals surface area contributed by atoms with Crippen LogP contribution >= 0.6 is 11.8 Å². The number of amidine groups is 1. The van der Waals surface area contributed by atoms with E-state index in [4.69, 9.17) is 4.74 Å². The fourth-order valence-corrected chi connectivity index (χ4v) is 3.85. The maximum atomic E-state index is 12.3. The second kappa shape index (κ2) is 7.89. The van der Waals surface area contributed by atoms with Crippen molar-refractivity contribution in [1.29, 1.82) is 5.26 Å². The molecule has 0 spiro atoms. The molecule has 0 radical (unpaired) electrons. The number of aryl methyl sites for hydroxylation is 1. The summed E-state index contributed by atoms with van der Waals surface area (Å²) in [5, 5.41) is 12.7. The molecular formula is C18H22N4O2S. The van der Waals surface area contributed by atoms with Crippen LogP contribution in [0, 0.1) is 25.2 Å². The minimum Gasteiger partial charge on any atom is -0.376 e. The van der Waals surface area contributed by atoms with Gasteiger partial charge < -0.3 is 14.6 Å². The predicted octanol–water partition coefficient (Wildman–Crippen LogP) is 2.41. The summed E-state index contributed by atoms with van der Waals surface area (Å²) >= 11 is 1.50. The van der Waals surface area contributed by atoms with E-state index in [2.05, 4.69) is 14.9 Å². The lowest BCUT2D eigenvalue weighted by atomic mass is 10.1. The standard InChI is InChI=1S/C18H22N4O2S/c1-12-8-14(13(2)22(12)11-16-4-3-6-24-16)9-15(10-19)17(23)21-18-20-5-7-25-18/h8-9,16H,3-7,11H2,1-2H3,(H,20,21,23)/b15-9+. The van der Waals surface area contributed by atoms with E-state index in [1.165, 1.54) is 11.8 Å². The monoisotopic (exact) mass is 358 g/mol. The summed E-state index contributed by atoms with van der Waals surface area (Å²) < 4.78 is 7.92. The molecule has 3 heterocycles. The lowest BCUT2D eigenvalue weighted by Crippen LogP contribution is -2.28. The summed E-state index contributed by atoms with van der Waals surface area (Å²) in [5.74, 6) is 0.464. The molecule has 1 aromatic heterocycles. The van der Waals surface area contributed by atoms with E-state index in [1.54, 1.807) is 6.08 Å². The number of carbonyl (C=O) groups excluding carboxylic acids is 1. The minimum absolute atomic E-state index is 0.0903. The van der Waals surface area contributed by atoms with Crippen LogP contribution in [0.2, 0.25) is 0 Å². The number of rotatable bonds is 4. The van der Waals surface area contributed by atoms with Crippen LogP contribution in [0.1, 0.15) is 29.8 Å². The van der Waals surface area contributed by atoms with Crippen LogP contribution in [-0.2, 0) is 16.1 Å². The zero-order chi connectivity index (χ0) is 17.8. The van der Waals surface area contributed by atoms with Crippen molar-refractivity contribution in [2.24, 2.45) is 4.99 Å². The van der Waals surface area contributed by atoms with Gasteiger partial charge in [0.05, 0.1) is 12.6 Å². The smallest absolute Gasteiger partial charge is 0.267 e. The van der Waals surface area contributed by atoms with Crippen molar-refractivity contribution in [2.45, 2.75) is 39.3 Å². The molecule has 6 nitrogen and oxygen atoms in total. The Morgan fingerprint density at radius 2 is 2.44 bits per heavy atom. The molecule has 0 aromatic carbocycles. The number of nitriles is 1. The number of ether oxygens (including phenoxy) is 1. The fourth-order valence-electron chi connectivity index (χ4n) is 3.13. The molecule has 1 amide bonds. The van der Waals surface area contributed by atoms with Crippen molar-refractivity contribution in [3.63, 3.8) is 0 Å². The van der Waals surface area contributed by atoms with Gasteiger partial charge in [0.25, 0.3) is 5.91 Å². The summed E-state index contributed by atoms with van der Waals surface area (Å²) in [6, 6.07) is 4.01. The normalized spacial score (nSPS) is 20.4. The third-order valence-corrected chi connectivity index (χ3v) is 5.39. The second-order valence-corrected chi connectivity index (χ2v) is 7.32. The molecule has 3 rings (SSSR count). The quantitative estimate of drug-likeness (QED) is 0.662. The molecule has 0 saturated carbocycles. The largest absolute Gasteiger partial charge is 0.376 e. The van der Waals surface area contributed by atoms with E-state index in [9.17, 15) is 10.1 Å². The number of thioether (sulfide) groups is 1. The summed E-state index contributed by atoms with van der Waals surface area (Å²) in [5.41, 5.74) is 3.13. The van der Waals surface area contributed by atoms with Gasteiger partial charge in [0.15, 0.2) is 5.17 Å². The summed E-state index contributed by atoms with van der Waals surface area (Å²) in [6.07, 6.45) is 4.09. The van der Waals surface area contributed by atoms with Gasteiger partial charge in [-0.3, -0.25) is 9.79 Å². The van der Waals surface area contributed by atoms with Gasteiger partial charge >= 0.3 is 0 Å². The molecule has 1 saturated heterocycles. The number of hydrogen-bond donors (Lipinski definition) is 1. The maximum Gasteiger partial charge on any atom is 0.267 e. The Morgan fingerprint density at radius 3 is 3.08 bits per heavy atom. The third kappa shape index (κ3) is 4.14. The van der Waals surface area contributed by atoms with Crippen molar-refractivity contribution < 1.29 is 9.53 Å². The number of hydrogen-bond acceptors (Lipinski definition) is 5. The fraction of sp³-hybridized carbons (Fsp3) is 0.500. The Bertz CT molecular complexity index is 767. The topological polar surface area (TPSA) is 79.4 Å². The van der Waals surface area contributed by atoms with E-state index in [1.807, 2.05) is 26.0 Å². The SMILES string of the molecule is Cc1cc(/C=C(\C#N)C(=O)NC2=NCCS2)c(C)n1CC1CCCO1. The summed E-state index contributed by atoms with van der Waals surface area (Å²) in [6.45, 7) is 6.40. The average molecular weight is 358 g/mol. The van der Waals surface area contributed by atoms with Gasteiger partial charge in [0.2, 0.25) is 0 Å². The van der Waals surface area contributed by atoms with Crippen LogP contribution in [0.15, 0.2) is 16.6 Å². The van der Waals surface area contributed by atoms with Gasteiger partial charge in [-0.25, -0.2) is 0 Å². The molecule has 1 aromatic rings. The lowest BCUT2D eigenvalue weighted by molar-refractivity contribution is -0.115. The van der Waals surface area contributed by atoms with Crippen LogP contribution in [0.4, 0.5) is 0 Å². The molecular weight excluding hydrogens is 336 g/mol. The first kappa shape index (κ1) is 17.8. The lowest BCUT2D eigenvalue weighted by Gasteiger charge is -2.14. The number of nitrogens with one attached hydrogen (secondary N) is 1. The van der Waals surface area contributed by atoms with Crippen LogP contribution in [0.25, 0.3) is 6.08 Å². The number of nitrogens with zero attached hydrogens (tertiary/aromatic N) is 3. The first-order chi connectivity index (χ1) is 12.1. The minimum atomic E-state index is -0.403. The average Bonchev–Trinajstić information content (AvgIpc) is 3.32. The van der Waals surface area contributed by atoms with Crippen molar-refractivity contribution in [3.05, 3.63) is 28.6 Å². The molecule has 1 unspecified atom stereocenters. The van der Waals surface area contributed by atoms with Gasteiger partial charge in [0.1, 0.15) is 11.6 Å². The Balaban J connectivity index is 1.78. The number of carbonyl (C=O) groups is 1. The summed E-state index contributed by atoms with van der Waals surface area (Å²) in [7, 11) is 0. The Kier molecular flexibility index (Phi) is 5.61. The van der Waals surface area contributed by atoms with E-state index in [0.717, 1.165) is 48.7 Å². The molecule has 2 aliphatic rings. The number of aromatic nitrogens is 1. The molecule has 132 valence electrons. The van der Waals surface area contributed by atoms with Crippen molar-refractivity contribution >= 4 is 28.9 Å². The molecule has 7 heteroatoms. The van der Waals surface area contributed by atoms with E-state index >= 15 is 0 Å². The molecule has 2 aliphatic heterocycles. The van der Waals surface area contributed by atoms with E-state index in [-0.39, 0.29) is 11.7 Å². The van der Waals surface area contributed by atoms with Crippen molar-refractivity contribution in [3.8, 4) is 6.07 Å². The Morgan fingerprint density at radius 1 is 1.60 bits per heavy atom. The number of amides is 1. The Labute approximate surface area is 151 Å². The molecule has 1 N–H and O–H groups in total. The molecule has 1 atom stereocenters. The molecule has 0 aliphatic carbocycles. The zero-order valence-electron chi connectivity index (χ0n) is 14.5. The highest BCUT2D eigenvalue weighted by atomic mass is 32.2. The van der Waals surface area contributed by atoms with Gasteiger partial charge in [-0.1, -0.05) is 11.8 Å². The third-order valence-electron chi connectivity index (χ3n) is 4.49.